The van der Waals surface area contributed by atoms with Crippen molar-refractivity contribution in [3.8, 4) is 0 Å². The first-order chi connectivity index (χ1) is 6.60. The van der Waals surface area contributed by atoms with E-state index < -0.39 is 8.32 Å². The first-order valence-electron chi connectivity index (χ1n) is 5.97. The third-order valence-electron chi connectivity index (χ3n) is 4.07. The second-order valence-electron chi connectivity index (χ2n) is 6.71. The topological polar surface area (TPSA) is 21.3 Å². The fraction of sp³-hybridized carbons (Fsp3) is 1.00. The Bertz CT molecular complexity index is 226. The lowest BCUT2D eigenvalue weighted by atomic mass is 9.77. The molecule has 2 nitrogen and oxygen atoms in total. The van der Waals surface area contributed by atoms with Gasteiger partial charge in [0, 0.05) is 6.04 Å². The van der Waals surface area contributed by atoms with Crippen LogP contribution in [0.25, 0.3) is 0 Å². The molecule has 3 heteroatoms. The van der Waals surface area contributed by atoms with Crippen LogP contribution in [-0.2, 0) is 4.43 Å². The predicted octanol–water partition coefficient (Wildman–Crippen LogP) is 3.15. The molecular formula is C12H27NOSi. The van der Waals surface area contributed by atoms with Gasteiger partial charge in [0.25, 0.3) is 0 Å². The van der Waals surface area contributed by atoms with E-state index in [9.17, 15) is 0 Å². The fourth-order valence-electron chi connectivity index (χ4n) is 2.04. The van der Waals surface area contributed by atoms with Gasteiger partial charge < -0.3 is 9.74 Å². The zero-order chi connectivity index (χ0) is 11.9. The molecule has 0 spiro atoms. The van der Waals surface area contributed by atoms with Crippen molar-refractivity contribution in [1.29, 1.82) is 0 Å². The van der Waals surface area contributed by atoms with Gasteiger partial charge in [-0.15, -0.1) is 0 Å². The van der Waals surface area contributed by atoms with E-state index in [0.29, 0.717) is 11.1 Å². The molecule has 0 unspecified atom stereocenters. The van der Waals surface area contributed by atoms with Crippen LogP contribution in [0.1, 0.15) is 40.5 Å². The molecule has 0 amide bonds. The average Bonchev–Trinajstić information content (AvgIpc) is 1.96. The average molecular weight is 229 g/mol. The standard InChI is InChI=1S/C12H27NOSi/c1-11(2,3)15(6,7)14-12(4)8-10(9-12)13-5/h10,13H,8-9H2,1-7H3. The Morgan fingerprint density at radius 1 is 1.27 bits per heavy atom. The van der Waals surface area contributed by atoms with Crippen LogP contribution in [0.15, 0.2) is 0 Å². The lowest BCUT2D eigenvalue weighted by Crippen LogP contribution is -2.58. The van der Waals surface area contributed by atoms with Gasteiger partial charge >= 0.3 is 0 Å². The highest BCUT2D eigenvalue weighted by atomic mass is 28.4. The summed E-state index contributed by atoms with van der Waals surface area (Å²) in [5, 5.41) is 3.64. The SMILES string of the molecule is CNC1CC(C)(O[Si](C)(C)C(C)(C)C)C1. The Balaban J connectivity index is 2.56. The van der Waals surface area contributed by atoms with Crippen LogP contribution in [0.3, 0.4) is 0 Å². The highest BCUT2D eigenvalue weighted by Gasteiger charge is 2.48. The van der Waals surface area contributed by atoms with Gasteiger partial charge in [-0.2, -0.15) is 0 Å². The summed E-state index contributed by atoms with van der Waals surface area (Å²) in [5.41, 5.74) is 0.136. The van der Waals surface area contributed by atoms with Crippen LogP contribution in [0.2, 0.25) is 18.1 Å². The molecule has 0 saturated heterocycles. The van der Waals surface area contributed by atoms with Crippen LogP contribution < -0.4 is 5.32 Å². The Hall–Kier alpha value is 0.137. The minimum absolute atomic E-state index is 0.136. The first kappa shape index (κ1) is 13.2. The molecule has 1 aliphatic rings. The molecule has 0 atom stereocenters. The highest BCUT2D eigenvalue weighted by Crippen LogP contribution is 2.44. The molecule has 0 aliphatic heterocycles. The molecule has 90 valence electrons. The van der Waals surface area contributed by atoms with Crippen molar-refractivity contribution in [2.45, 2.75) is 70.3 Å². The maximum absolute atomic E-state index is 6.46. The van der Waals surface area contributed by atoms with E-state index >= 15 is 0 Å². The van der Waals surface area contributed by atoms with Gasteiger partial charge in [0.2, 0.25) is 0 Å². The molecule has 1 rings (SSSR count). The highest BCUT2D eigenvalue weighted by molar-refractivity contribution is 6.74. The van der Waals surface area contributed by atoms with Crippen molar-refractivity contribution in [2.75, 3.05) is 7.05 Å². The zero-order valence-electron chi connectivity index (χ0n) is 11.4. The maximum Gasteiger partial charge on any atom is 0.192 e. The minimum Gasteiger partial charge on any atom is -0.412 e. The summed E-state index contributed by atoms with van der Waals surface area (Å²) < 4.78 is 6.46. The van der Waals surface area contributed by atoms with Gasteiger partial charge in [-0.05, 0) is 44.9 Å². The Morgan fingerprint density at radius 2 is 1.73 bits per heavy atom. The summed E-state index contributed by atoms with van der Waals surface area (Å²) in [6, 6.07) is 0.666. The normalized spacial score (nSPS) is 32.6. The molecule has 0 bridgehead atoms. The molecule has 0 aromatic carbocycles. The molecular weight excluding hydrogens is 202 g/mol. The Morgan fingerprint density at radius 3 is 2.07 bits per heavy atom. The van der Waals surface area contributed by atoms with Crippen molar-refractivity contribution in [1.82, 2.24) is 5.32 Å². The minimum atomic E-state index is -1.58. The Kier molecular flexibility index (Phi) is 3.40. The summed E-state index contributed by atoms with van der Waals surface area (Å²) in [6.45, 7) is 13.8. The molecule has 0 aromatic heterocycles. The van der Waals surface area contributed by atoms with Crippen LogP contribution in [0.4, 0.5) is 0 Å². The van der Waals surface area contributed by atoms with Crippen LogP contribution in [0.5, 0.6) is 0 Å². The van der Waals surface area contributed by atoms with E-state index in [1.807, 2.05) is 7.05 Å². The molecule has 0 aromatic rings. The number of rotatable bonds is 3. The van der Waals surface area contributed by atoms with Gasteiger partial charge in [0.1, 0.15) is 0 Å². The molecule has 1 N–H and O–H groups in total. The number of nitrogens with one attached hydrogen (secondary N) is 1. The van der Waals surface area contributed by atoms with E-state index in [2.05, 4.69) is 46.1 Å². The van der Waals surface area contributed by atoms with Crippen molar-refractivity contribution in [2.24, 2.45) is 0 Å². The summed E-state index contributed by atoms with van der Waals surface area (Å²) >= 11 is 0. The smallest absolute Gasteiger partial charge is 0.192 e. The summed E-state index contributed by atoms with van der Waals surface area (Å²) in [6.07, 6.45) is 2.33. The largest absolute Gasteiger partial charge is 0.412 e. The molecule has 0 heterocycles. The van der Waals surface area contributed by atoms with Gasteiger partial charge in [-0.3, -0.25) is 0 Å². The van der Waals surface area contributed by atoms with E-state index in [-0.39, 0.29) is 5.60 Å². The van der Waals surface area contributed by atoms with Crippen LogP contribution >= 0.6 is 0 Å². The van der Waals surface area contributed by atoms with Gasteiger partial charge in [-0.25, -0.2) is 0 Å². The van der Waals surface area contributed by atoms with Gasteiger partial charge in [0.05, 0.1) is 5.60 Å². The summed E-state index contributed by atoms with van der Waals surface area (Å²) in [4.78, 5) is 0. The first-order valence-corrected chi connectivity index (χ1v) is 8.88. The lowest BCUT2D eigenvalue weighted by molar-refractivity contribution is -0.0246. The predicted molar refractivity (Wildman–Crippen MR) is 68.8 cm³/mol. The molecule has 15 heavy (non-hydrogen) atoms. The molecule has 1 aliphatic carbocycles. The number of hydrogen-bond acceptors (Lipinski definition) is 2. The third-order valence-corrected chi connectivity index (χ3v) is 8.69. The quantitative estimate of drug-likeness (QED) is 0.751. The summed E-state index contributed by atoms with van der Waals surface area (Å²) in [7, 11) is 0.458. The van der Waals surface area contributed by atoms with E-state index in [1.54, 1.807) is 0 Å². The van der Waals surface area contributed by atoms with Crippen LogP contribution in [-0.4, -0.2) is 27.0 Å². The van der Waals surface area contributed by atoms with E-state index in [4.69, 9.17) is 4.43 Å². The van der Waals surface area contributed by atoms with Crippen LogP contribution in [0, 0.1) is 0 Å². The number of hydrogen-bond donors (Lipinski definition) is 1. The van der Waals surface area contributed by atoms with Gasteiger partial charge in [0.15, 0.2) is 8.32 Å². The van der Waals surface area contributed by atoms with E-state index in [1.165, 1.54) is 0 Å². The van der Waals surface area contributed by atoms with Crippen molar-refractivity contribution in [3.63, 3.8) is 0 Å². The van der Waals surface area contributed by atoms with Crippen molar-refractivity contribution >= 4 is 8.32 Å². The second-order valence-corrected chi connectivity index (χ2v) is 11.4. The van der Waals surface area contributed by atoms with E-state index in [0.717, 1.165) is 12.8 Å². The molecule has 0 radical (unpaired) electrons. The van der Waals surface area contributed by atoms with Crippen molar-refractivity contribution < 1.29 is 4.43 Å². The monoisotopic (exact) mass is 229 g/mol. The van der Waals surface area contributed by atoms with Gasteiger partial charge in [-0.1, -0.05) is 20.8 Å². The second kappa shape index (κ2) is 3.86. The zero-order valence-corrected chi connectivity index (χ0v) is 12.4. The van der Waals surface area contributed by atoms with Crippen molar-refractivity contribution in [3.05, 3.63) is 0 Å². The summed E-state index contributed by atoms with van der Waals surface area (Å²) in [5.74, 6) is 0. The lowest BCUT2D eigenvalue weighted by Gasteiger charge is -2.51. The maximum atomic E-state index is 6.46. The Labute approximate surface area is 95.9 Å². The molecule has 1 saturated carbocycles. The third kappa shape index (κ3) is 2.83. The molecule has 1 fully saturated rings. The fourth-order valence-corrected chi connectivity index (χ4v) is 3.74.